The Morgan fingerprint density at radius 1 is 1.27 bits per heavy atom. The molecule has 0 fully saturated rings. The van der Waals surface area contributed by atoms with Crippen LogP contribution in [0.2, 0.25) is 5.22 Å². The van der Waals surface area contributed by atoms with E-state index < -0.39 is 0 Å². The van der Waals surface area contributed by atoms with E-state index in [0.29, 0.717) is 11.3 Å². The summed E-state index contributed by atoms with van der Waals surface area (Å²) in [6.45, 7) is 0. The largest absolute Gasteiger partial charge is 0.444 e. The van der Waals surface area contributed by atoms with Crippen molar-refractivity contribution in [3.63, 3.8) is 0 Å². The van der Waals surface area contributed by atoms with Crippen molar-refractivity contribution in [2.24, 2.45) is 5.16 Å². The number of rotatable bonds is 2. The highest BCUT2D eigenvalue weighted by Gasteiger charge is 2.08. The maximum absolute atomic E-state index is 8.39. The molecule has 2 rings (SSSR count). The molecule has 0 aliphatic carbocycles. The average molecular weight is 222 g/mol. The van der Waals surface area contributed by atoms with E-state index in [2.05, 4.69) is 5.16 Å². The van der Waals surface area contributed by atoms with Crippen LogP contribution in [0.25, 0.3) is 11.3 Å². The Morgan fingerprint density at radius 2 is 2.00 bits per heavy atom. The van der Waals surface area contributed by atoms with Crippen LogP contribution in [0.1, 0.15) is 5.56 Å². The average Bonchev–Trinajstić information content (AvgIpc) is 2.63. The first kappa shape index (κ1) is 9.80. The lowest BCUT2D eigenvalue weighted by molar-refractivity contribution is 0.322. The molecule has 0 amide bonds. The van der Waals surface area contributed by atoms with Gasteiger partial charge in [0.25, 0.3) is 0 Å². The Balaban J connectivity index is 2.43. The molecule has 0 saturated heterocycles. The summed E-state index contributed by atoms with van der Waals surface area (Å²) in [5, 5.41) is 11.5. The van der Waals surface area contributed by atoms with Crippen LogP contribution in [0.5, 0.6) is 0 Å². The quantitative estimate of drug-likeness (QED) is 0.480. The highest BCUT2D eigenvalue weighted by Crippen LogP contribution is 2.27. The number of halogens is 1. The van der Waals surface area contributed by atoms with Crippen LogP contribution in [0.3, 0.4) is 0 Å². The summed E-state index contributed by atoms with van der Waals surface area (Å²) >= 11 is 5.80. The van der Waals surface area contributed by atoms with E-state index in [1.807, 2.05) is 30.3 Å². The Labute approximate surface area is 91.6 Å². The molecule has 0 saturated carbocycles. The molecule has 15 heavy (non-hydrogen) atoms. The first-order valence-corrected chi connectivity index (χ1v) is 4.71. The second-order valence-corrected chi connectivity index (χ2v) is 3.29. The molecule has 1 N–H and O–H groups in total. The normalized spacial score (nSPS) is 11.0. The van der Waals surface area contributed by atoms with Gasteiger partial charge in [-0.15, -0.1) is 0 Å². The summed E-state index contributed by atoms with van der Waals surface area (Å²) in [4.78, 5) is 0. The lowest BCUT2D eigenvalue weighted by atomic mass is 10.1. The molecule has 0 spiro atoms. The van der Waals surface area contributed by atoms with Gasteiger partial charge in [0.2, 0.25) is 5.22 Å². The summed E-state index contributed by atoms with van der Waals surface area (Å²) in [5.74, 6) is 0.649. The van der Waals surface area contributed by atoms with Gasteiger partial charge in [0.05, 0.1) is 11.8 Å². The van der Waals surface area contributed by atoms with Crippen LogP contribution in [-0.2, 0) is 0 Å². The molecule has 3 nitrogen and oxygen atoms in total. The molecule has 0 aliphatic heterocycles. The highest BCUT2D eigenvalue weighted by molar-refractivity contribution is 6.31. The van der Waals surface area contributed by atoms with Crippen LogP contribution in [0.4, 0.5) is 0 Å². The lowest BCUT2D eigenvalue weighted by Gasteiger charge is -1.93. The van der Waals surface area contributed by atoms with E-state index in [-0.39, 0.29) is 5.22 Å². The van der Waals surface area contributed by atoms with Crippen molar-refractivity contribution in [3.05, 3.63) is 47.2 Å². The number of furan rings is 1. The van der Waals surface area contributed by atoms with Crippen LogP contribution in [0.15, 0.2) is 46.0 Å². The molecular formula is C11H8ClNO2. The summed E-state index contributed by atoms with van der Waals surface area (Å²) in [6.07, 6.45) is 1.23. The number of benzene rings is 1. The summed E-state index contributed by atoms with van der Waals surface area (Å²) in [6, 6.07) is 11.3. The van der Waals surface area contributed by atoms with Gasteiger partial charge < -0.3 is 9.62 Å². The predicted molar refractivity (Wildman–Crippen MR) is 58.5 cm³/mol. The van der Waals surface area contributed by atoms with Gasteiger partial charge in [-0.1, -0.05) is 35.5 Å². The standard InChI is InChI=1S/C11H8ClNO2/c12-11-9(7-13-14)6-10(15-11)8-4-2-1-3-5-8/h1-7,14H/b13-7+. The van der Waals surface area contributed by atoms with Crippen LogP contribution < -0.4 is 0 Å². The monoisotopic (exact) mass is 221 g/mol. The molecule has 1 aromatic carbocycles. The fourth-order valence-electron chi connectivity index (χ4n) is 1.28. The van der Waals surface area contributed by atoms with Gasteiger partial charge in [-0.2, -0.15) is 0 Å². The van der Waals surface area contributed by atoms with Gasteiger partial charge in [0.15, 0.2) is 0 Å². The fraction of sp³-hybridized carbons (Fsp3) is 0. The molecule has 76 valence electrons. The first-order chi connectivity index (χ1) is 7.31. The smallest absolute Gasteiger partial charge is 0.202 e. The van der Waals surface area contributed by atoms with Crippen LogP contribution in [0, 0.1) is 0 Å². The van der Waals surface area contributed by atoms with Crippen LogP contribution >= 0.6 is 11.6 Å². The van der Waals surface area contributed by atoms with E-state index in [1.54, 1.807) is 6.07 Å². The minimum atomic E-state index is 0.214. The second kappa shape index (κ2) is 4.19. The molecule has 0 unspecified atom stereocenters. The Morgan fingerprint density at radius 3 is 2.67 bits per heavy atom. The van der Waals surface area contributed by atoms with Gasteiger partial charge in [0, 0.05) is 5.56 Å². The van der Waals surface area contributed by atoms with Gasteiger partial charge in [-0.3, -0.25) is 0 Å². The second-order valence-electron chi connectivity index (χ2n) is 2.95. The molecule has 2 aromatic rings. The Kier molecular flexibility index (Phi) is 2.74. The SMILES string of the molecule is O/N=C/c1cc(-c2ccccc2)oc1Cl. The van der Waals surface area contributed by atoms with Gasteiger partial charge in [-0.05, 0) is 17.7 Å². The molecule has 0 aliphatic rings. The topological polar surface area (TPSA) is 45.7 Å². The van der Waals surface area contributed by atoms with Gasteiger partial charge in [-0.25, -0.2) is 0 Å². The van der Waals surface area contributed by atoms with E-state index in [4.69, 9.17) is 21.2 Å². The summed E-state index contributed by atoms with van der Waals surface area (Å²) in [5.41, 5.74) is 1.48. The number of hydrogen-bond acceptors (Lipinski definition) is 3. The van der Waals surface area contributed by atoms with Crippen molar-refractivity contribution < 1.29 is 9.62 Å². The minimum Gasteiger partial charge on any atom is -0.444 e. The summed E-state index contributed by atoms with van der Waals surface area (Å²) < 4.78 is 5.32. The van der Waals surface area contributed by atoms with Crippen molar-refractivity contribution in [1.29, 1.82) is 0 Å². The third-order valence-electron chi connectivity index (χ3n) is 1.97. The maximum atomic E-state index is 8.39. The maximum Gasteiger partial charge on any atom is 0.202 e. The van der Waals surface area contributed by atoms with Gasteiger partial charge >= 0.3 is 0 Å². The van der Waals surface area contributed by atoms with Gasteiger partial charge in [0.1, 0.15) is 5.76 Å². The zero-order chi connectivity index (χ0) is 10.7. The third-order valence-corrected chi connectivity index (χ3v) is 2.26. The lowest BCUT2D eigenvalue weighted by Crippen LogP contribution is -1.75. The predicted octanol–water partition coefficient (Wildman–Crippen LogP) is 3.41. The molecular weight excluding hydrogens is 214 g/mol. The molecule has 4 heteroatoms. The van der Waals surface area contributed by atoms with E-state index >= 15 is 0 Å². The number of oxime groups is 1. The van der Waals surface area contributed by atoms with Crippen molar-refractivity contribution in [1.82, 2.24) is 0 Å². The third kappa shape index (κ3) is 2.02. The molecule has 0 atom stereocenters. The number of hydrogen-bond donors (Lipinski definition) is 1. The van der Waals surface area contributed by atoms with Crippen molar-refractivity contribution in [2.45, 2.75) is 0 Å². The zero-order valence-electron chi connectivity index (χ0n) is 7.72. The Hall–Kier alpha value is -1.74. The van der Waals surface area contributed by atoms with E-state index in [0.717, 1.165) is 5.56 Å². The van der Waals surface area contributed by atoms with Crippen molar-refractivity contribution >= 4 is 17.8 Å². The van der Waals surface area contributed by atoms with Crippen LogP contribution in [-0.4, -0.2) is 11.4 Å². The minimum absolute atomic E-state index is 0.214. The molecule has 1 aromatic heterocycles. The first-order valence-electron chi connectivity index (χ1n) is 4.33. The highest BCUT2D eigenvalue weighted by atomic mass is 35.5. The summed E-state index contributed by atoms with van der Waals surface area (Å²) in [7, 11) is 0. The molecule has 1 heterocycles. The van der Waals surface area contributed by atoms with Crippen molar-refractivity contribution in [2.75, 3.05) is 0 Å². The van der Waals surface area contributed by atoms with E-state index in [9.17, 15) is 0 Å². The number of nitrogens with zero attached hydrogens (tertiary/aromatic N) is 1. The van der Waals surface area contributed by atoms with E-state index in [1.165, 1.54) is 6.21 Å². The zero-order valence-corrected chi connectivity index (χ0v) is 8.48. The van der Waals surface area contributed by atoms with Crippen molar-refractivity contribution in [3.8, 4) is 11.3 Å². The molecule has 0 radical (unpaired) electrons. The Bertz CT molecular complexity index is 477. The fourth-order valence-corrected chi connectivity index (χ4v) is 1.46. The molecule has 0 bridgehead atoms.